The number of carbonyl (C=O) groups is 1. The van der Waals surface area contributed by atoms with Crippen LogP contribution in [0.2, 0.25) is 0 Å². The molecule has 3 nitrogen and oxygen atoms in total. The maximum absolute atomic E-state index is 11.9. The van der Waals surface area contributed by atoms with E-state index in [0.717, 1.165) is 19.5 Å². The Morgan fingerprint density at radius 2 is 2.24 bits per heavy atom. The molecule has 0 radical (unpaired) electrons. The number of nitrogens with zero attached hydrogens (tertiary/aromatic N) is 1. The van der Waals surface area contributed by atoms with E-state index >= 15 is 0 Å². The second kappa shape index (κ2) is 8.12. The van der Waals surface area contributed by atoms with Crippen LogP contribution in [0.15, 0.2) is 17.5 Å². The standard InChI is InChI=1S/C13H22N2OS/c1-3-5-6-9-14-13(16)15(4-2)11-12-8-7-10-17-12/h7-8,10H,3-6,9,11H2,1-2H3,(H,14,16). The molecule has 0 aliphatic heterocycles. The zero-order chi connectivity index (χ0) is 12.5. The van der Waals surface area contributed by atoms with E-state index in [1.165, 1.54) is 17.7 Å². The van der Waals surface area contributed by atoms with Gasteiger partial charge in [0.25, 0.3) is 0 Å². The van der Waals surface area contributed by atoms with E-state index in [-0.39, 0.29) is 6.03 Å². The maximum Gasteiger partial charge on any atom is 0.317 e. The number of urea groups is 1. The fourth-order valence-electron chi connectivity index (χ4n) is 1.60. The van der Waals surface area contributed by atoms with Crippen LogP contribution in [-0.2, 0) is 6.54 Å². The number of hydrogen-bond donors (Lipinski definition) is 1. The van der Waals surface area contributed by atoms with Gasteiger partial charge in [-0.15, -0.1) is 11.3 Å². The topological polar surface area (TPSA) is 32.3 Å². The molecule has 1 aromatic heterocycles. The molecule has 0 spiro atoms. The van der Waals surface area contributed by atoms with Gasteiger partial charge in [0.2, 0.25) is 0 Å². The number of nitrogens with one attached hydrogen (secondary N) is 1. The first kappa shape index (κ1) is 14.0. The molecule has 2 amide bonds. The van der Waals surface area contributed by atoms with E-state index in [2.05, 4.69) is 18.3 Å². The second-order valence-corrected chi connectivity index (χ2v) is 5.06. The molecule has 0 aliphatic carbocycles. The number of thiophene rings is 1. The van der Waals surface area contributed by atoms with E-state index in [0.29, 0.717) is 6.54 Å². The molecule has 1 N–H and O–H groups in total. The first-order chi connectivity index (χ1) is 8.27. The SMILES string of the molecule is CCCCCNC(=O)N(CC)Cc1cccs1. The third kappa shape index (κ3) is 5.22. The molecule has 0 unspecified atom stereocenters. The van der Waals surface area contributed by atoms with Crippen molar-refractivity contribution in [3.05, 3.63) is 22.4 Å². The fourth-order valence-corrected chi connectivity index (χ4v) is 2.32. The van der Waals surface area contributed by atoms with Crippen molar-refractivity contribution >= 4 is 17.4 Å². The summed E-state index contributed by atoms with van der Waals surface area (Å²) in [6.45, 7) is 6.43. The summed E-state index contributed by atoms with van der Waals surface area (Å²) in [5.74, 6) is 0. The van der Waals surface area contributed by atoms with Crippen LogP contribution in [0.4, 0.5) is 4.79 Å². The van der Waals surface area contributed by atoms with Crippen molar-refractivity contribution < 1.29 is 4.79 Å². The van der Waals surface area contributed by atoms with Gasteiger partial charge in [0.15, 0.2) is 0 Å². The predicted molar refractivity (Wildman–Crippen MR) is 73.3 cm³/mol. The van der Waals surface area contributed by atoms with Gasteiger partial charge in [-0.25, -0.2) is 4.79 Å². The van der Waals surface area contributed by atoms with E-state index in [9.17, 15) is 4.79 Å². The minimum atomic E-state index is 0.0528. The van der Waals surface area contributed by atoms with E-state index < -0.39 is 0 Å². The normalized spacial score (nSPS) is 10.2. The van der Waals surface area contributed by atoms with Crippen molar-refractivity contribution in [3.8, 4) is 0 Å². The van der Waals surface area contributed by atoms with Gasteiger partial charge in [0.1, 0.15) is 0 Å². The zero-order valence-electron chi connectivity index (χ0n) is 10.7. The average Bonchev–Trinajstić information content (AvgIpc) is 2.84. The number of hydrogen-bond acceptors (Lipinski definition) is 2. The van der Waals surface area contributed by atoms with Gasteiger partial charge in [0, 0.05) is 18.0 Å². The molecule has 17 heavy (non-hydrogen) atoms. The zero-order valence-corrected chi connectivity index (χ0v) is 11.6. The molecule has 1 aromatic rings. The van der Waals surface area contributed by atoms with Gasteiger partial charge >= 0.3 is 6.03 Å². The highest BCUT2D eigenvalue weighted by Gasteiger charge is 2.11. The van der Waals surface area contributed by atoms with Crippen LogP contribution in [0.3, 0.4) is 0 Å². The highest BCUT2D eigenvalue weighted by Crippen LogP contribution is 2.11. The molecule has 1 heterocycles. The molecule has 0 fully saturated rings. The summed E-state index contributed by atoms with van der Waals surface area (Å²) in [6, 6.07) is 4.14. The third-order valence-corrected chi connectivity index (χ3v) is 3.51. The van der Waals surface area contributed by atoms with Crippen LogP contribution in [0.1, 0.15) is 38.0 Å². The Morgan fingerprint density at radius 3 is 2.82 bits per heavy atom. The summed E-state index contributed by atoms with van der Waals surface area (Å²) >= 11 is 1.69. The second-order valence-electron chi connectivity index (χ2n) is 4.03. The molecule has 0 saturated carbocycles. The minimum absolute atomic E-state index is 0.0528. The fraction of sp³-hybridized carbons (Fsp3) is 0.615. The monoisotopic (exact) mass is 254 g/mol. The summed E-state index contributed by atoms with van der Waals surface area (Å²) in [6.07, 6.45) is 3.43. The van der Waals surface area contributed by atoms with Crippen LogP contribution in [-0.4, -0.2) is 24.0 Å². The molecule has 0 aliphatic rings. The van der Waals surface area contributed by atoms with Crippen molar-refractivity contribution in [2.45, 2.75) is 39.7 Å². The average molecular weight is 254 g/mol. The Morgan fingerprint density at radius 1 is 1.41 bits per heavy atom. The van der Waals surface area contributed by atoms with Crippen LogP contribution in [0, 0.1) is 0 Å². The van der Waals surface area contributed by atoms with Crippen molar-refractivity contribution in [1.82, 2.24) is 10.2 Å². The lowest BCUT2D eigenvalue weighted by Crippen LogP contribution is -2.39. The molecule has 0 aromatic carbocycles. The minimum Gasteiger partial charge on any atom is -0.338 e. The third-order valence-electron chi connectivity index (χ3n) is 2.65. The molecule has 1 rings (SSSR count). The summed E-state index contributed by atoms with van der Waals surface area (Å²) < 4.78 is 0. The lowest BCUT2D eigenvalue weighted by Gasteiger charge is -2.20. The molecule has 96 valence electrons. The Hall–Kier alpha value is -1.03. The first-order valence-corrected chi connectivity index (χ1v) is 7.21. The summed E-state index contributed by atoms with van der Waals surface area (Å²) in [5.41, 5.74) is 0. The molecular formula is C13H22N2OS. The highest BCUT2D eigenvalue weighted by molar-refractivity contribution is 7.09. The van der Waals surface area contributed by atoms with Gasteiger partial charge in [0.05, 0.1) is 6.54 Å². The molecular weight excluding hydrogens is 232 g/mol. The largest absolute Gasteiger partial charge is 0.338 e. The van der Waals surface area contributed by atoms with E-state index in [1.807, 2.05) is 23.3 Å². The van der Waals surface area contributed by atoms with Crippen molar-refractivity contribution in [3.63, 3.8) is 0 Å². The lowest BCUT2D eigenvalue weighted by molar-refractivity contribution is 0.198. The van der Waals surface area contributed by atoms with Gasteiger partial charge in [-0.3, -0.25) is 0 Å². The van der Waals surface area contributed by atoms with Gasteiger partial charge in [-0.1, -0.05) is 25.8 Å². The van der Waals surface area contributed by atoms with Gasteiger partial charge < -0.3 is 10.2 Å². The maximum atomic E-state index is 11.9. The smallest absolute Gasteiger partial charge is 0.317 e. The molecule has 0 atom stereocenters. The van der Waals surface area contributed by atoms with Gasteiger partial charge in [-0.2, -0.15) is 0 Å². The molecule has 4 heteroatoms. The Bertz CT molecular complexity index is 311. The van der Waals surface area contributed by atoms with Crippen LogP contribution in [0.25, 0.3) is 0 Å². The quantitative estimate of drug-likeness (QED) is 0.742. The Balaban J connectivity index is 2.31. The lowest BCUT2D eigenvalue weighted by atomic mass is 10.2. The highest BCUT2D eigenvalue weighted by atomic mass is 32.1. The number of unbranched alkanes of at least 4 members (excludes halogenated alkanes) is 2. The van der Waals surface area contributed by atoms with Gasteiger partial charge in [-0.05, 0) is 24.8 Å². The summed E-state index contributed by atoms with van der Waals surface area (Å²) in [5, 5.41) is 5.02. The summed E-state index contributed by atoms with van der Waals surface area (Å²) in [4.78, 5) is 15.0. The Labute approximate surface area is 108 Å². The number of rotatable bonds is 7. The van der Waals surface area contributed by atoms with Crippen LogP contribution < -0.4 is 5.32 Å². The van der Waals surface area contributed by atoms with E-state index in [1.54, 1.807) is 11.3 Å². The number of carbonyl (C=O) groups excluding carboxylic acids is 1. The van der Waals surface area contributed by atoms with Crippen molar-refractivity contribution in [2.24, 2.45) is 0 Å². The molecule has 0 saturated heterocycles. The first-order valence-electron chi connectivity index (χ1n) is 6.33. The van der Waals surface area contributed by atoms with E-state index in [4.69, 9.17) is 0 Å². The van der Waals surface area contributed by atoms with Crippen LogP contribution in [0.5, 0.6) is 0 Å². The van der Waals surface area contributed by atoms with Crippen molar-refractivity contribution in [1.29, 1.82) is 0 Å². The molecule has 0 bridgehead atoms. The van der Waals surface area contributed by atoms with Crippen LogP contribution >= 0.6 is 11.3 Å². The summed E-state index contributed by atoms with van der Waals surface area (Å²) in [7, 11) is 0. The Kier molecular flexibility index (Phi) is 6.70. The van der Waals surface area contributed by atoms with Crippen molar-refractivity contribution in [2.75, 3.05) is 13.1 Å². The predicted octanol–water partition coefficient (Wildman–Crippen LogP) is 3.47. The number of amides is 2.